The van der Waals surface area contributed by atoms with Crippen LogP contribution in [0.1, 0.15) is 50.0 Å². The number of aryl methyl sites for hydroxylation is 2. The third-order valence-corrected chi connectivity index (χ3v) is 10.6. The van der Waals surface area contributed by atoms with E-state index in [1.54, 1.807) is 0 Å². The van der Waals surface area contributed by atoms with Crippen molar-refractivity contribution >= 4 is 44.1 Å². The normalized spacial score (nSPS) is 12.1. The van der Waals surface area contributed by atoms with Gasteiger partial charge in [-0.2, -0.15) is 0 Å². The van der Waals surface area contributed by atoms with Gasteiger partial charge in [0, 0.05) is 78.0 Å². The Kier molecular flexibility index (Phi) is 11.1. The van der Waals surface area contributed by atoms with Crippen LogP contribution in [0.4, 0.5) is 0 Å². The first kappa shape index (κ1) is 35.7. The number of hydrogen-bond donors (Lipinski definition) is 2. The summed E-state index contributed by atoms with van der Waals surface area (Å²) in [5.74, 6) is 4.42. The van der Waals surface area contributed by atoms with E-state index in [2.05, 4.69) is 140 Å². The summed E-state index contributed by atoms with van der Waals surface area (Å²) in [6, 6.07) is 33.7. The number of H-pyrrole nitrogens is 2. The van der Waals surface area contributed by atoms with E-state index in [1.807, 2.05) is 0 Å². The van der Waals surface area contributed by atoms with Crippen molar-refractivity contribution in [1.29, 1.82) is 0 Å². The van der Waals surface area contributed by atoms with Crippen LogP contribution in [0, 0.1) is 0 Å². The molecule has 4 heterocycles. The van der Waals surface area contributed by atoms with Crippen molar-refractivity contribution in [2.45, 2.75) is 65.5 Å². The first-order valence-corrected chi connectivity index (χ1v) is 19.9. The molecule has 8 aromatic rings. The Morgan fingerprint density at radius 3 is 1.26 bits per heavy atom. The molecular weight excluding hydrogens is 669 g/mol. The molecule has 0 unspecified atom stereocenters. The molecule has 278 valence electrons. The maximum Gasteiger partial charge on any atom is 0.111 e. The average Bonchev–Trinajstić information content (AvgIpc) is 3.98. The van der Waals surface area contributed by atoms with E-state index >= 15 is 0 Å². The van der Waals surface area contributed by atoms with Gasteiger partial charge in [-0.15, -0.1) is 0 Å². The monoisotopic (exact) mass is 720 g/mol. The fourth-order valence-electron chi connectivity index (χ4n) is 7.82. The van der Waals surface area contributed by atoms with E-state index in [0.717, 1.165) is 136 Å². The molecule has 0 aliphatic heterocycles. The van der Waals surface area contributed by atoms with Crippen LogP contribution >= 0.6 is 0 Å². The minimum absolute atomic E-state index is 0.861. The molecule has 0 aliphatic rings. The van der Waals surface area contributed by atoms with Crippen LogP contribution in [-0.4, -0.2) is 88.1 Å². The lowest BCUT2D eigenvalue weighted by Gasteiger charge is -2.28. The first-order valence-electron chi connectivity index (χ1n) is 19.9. The Morgan fingerprint density at radius 2 is 0.833 bits per heavy atom. The number of nitrogens with zero attached hydrogens (tertiary/aromatic N) is 8. The fraction of sp³-hybridized carbons (Fsp3) is 0.364. The molecule has 10 nitrogen and oxygen atoms in total. The van der Waals surface area contributed by atoms with Gasteiger partial charge in [-0.3, -0.25) is 0 Å². The van der Waals surface area contributed by atoms with Gasteiger partial charge in [0.2, 0.25) is 0 Å². The highest BCUT2D eigenvalue weighted by molar-refractivity contribution is 5.77. The summed E-state index contributed by atoms with van der Waals surface area (Å²) >= 11 is 0. The zero-order chi connectivity index (χ0) is 36.7. The van der Waals surface area contributed by atoms with Gasteiger partial charge >= 0.3 is 0 Å². The Bertz CT molecular complexity index is 2190. The summed E-state index contributed by atoms with van der Waals surface area (Å²) in [6.07, 6.45) is 5.68. The lowest BCUT2D eigenvalue weighted by molar-refractivity contribution is 0.204. The molecule has 54 heavy (non-hydrogen) atoms. The molecule has 0 spiro atoms. The Balaban J connectivity index is 1.02. The maximum atomic E-state index is 5.12. The van der Waals surface area contributed by atoms with Crippen molar-refractivity contribution < 1.29 is 0 Å². The lowest BCUT2D eigenvalue weighted by atomic mass is 10.2. The van der Waals surface area contributed by atoms with Crippen molar-refractivity contribution in [1.82, 2.24) is 48.8 Å². The molecule has 8 rings (SSSR count). The predicted octanol–water partition coefficient (Wildman–Crippen LogP) is 7.83. The number of aromatic amines is 2. The summed E-state index contributed by atoms with van der Waals surface area (Å²) in [5.41, 5.74) is 8.87. The Labute approximate surface area is 317 Å². The van der Waals surface area contributed by atoms with Crippen molar-refractivity contribution in [2.75, 3.05) is 39.3 Å². The van der Waals surface area contributed by atoms with Crippen molar-refractivity contribution in [2.24, 2.45) is 0 Å². The number of benzene rings is 4. The molecule has 4 aromatic heterocycles. The summed E-state index contributed by atoms with van der Waals surface area (Å²) < 4.78 is 4.85. The first-order chi connectivity index (χ1) is 26.6. The number of rotatable bonds is 19. The van der Waals surface area contributed by atoms with Gasteiger partial charge in [0.1, 0.15) is 23.3 Å². The standard InChI is InChI=1S/C44H52N10/c1-3-25-53-39-19-11-9-17-37(39)49-43(53)23-29-51(27-21-41-45-33-13-5-6-14-34(33)46-41)31-32-52(28-22-42-47-35-15-7-8-16-36(35)48-42)30-24-44-50-38-18-10-12-20-40(38)54(44)26-4-2/h5-20H,3-4,21-32H2,1-2H3,(H,45,46)(H,47,48). The molecule has 0 bridgehead atoms. The molecule has 2 N–H and O–H groups in total. The average molecular weight is 721 g/mol. The fourth-order valence-corrected chi connectivity index (χ4v) is 7.82. The highest BCUT2D eigenvalue weighted by Gasteiger charge is 2.17. The summed E-state index contributed by atoms with van der Waals surface area (Å²) in [5, 5.41) is 0. The lowest BCUT2D eigenvalue weighted by Crippen LogP contribution is -2.39. The van der Waals surface area contributed by atoms with Crippen LogP contribution in [0.2, 0.25) is 0 Å². The second-order valence-electron chi connectivity index (χ2n) is 14.4. The van der Waals surface area contributed by atoms with E-state index in [9.17, 15) is 0 Å². The number of nitrogens with one attached hydrogen (secondary N) is 2. The Hall–Kier alpha value is -5.32. The van der Waals surface area contributed by atoms with Crippen LogP contribution < -0.4 is 0 Å². The van der Waals surface area contributed by atoms with Gasteiger partial charge in [-0.1, -0.05) is 62.4 Å². The van der Waals surface area contributed by atoms with Gasteiger partial charge in [-0.25, -0.2) is 19.9 Å². The SMILES string of the molecule is CCCn1c(CCN(CCc2nc3ccccc3[nH]2)CCN(CCc2nc3ccccc3[nH]2)CCc2nc3ccccc3n2CCC)nc2ccccc21. The second-order valence-corrected chi connectivity index (χ2v) is 14.4. The minimum Gasteiger partial charge on any atom is -0.342 e. The molecule has 0 saturated carbocycles. The molecule has 0 fully saturated rings. The highest BCUT2D eigenvalue weighted by Crippen LogP contribution is 2.20. The summed E-state index contributed by atoms with van der Waals surface area (Å²) in [4.78, 5) is 32.4. The molecule has 0 saturated heterocycles. The van der Waals surface area contributed by atoms with Crippen molar-refractivity contribution in [3.05, 3.63) is 120 Å². The number of fused-ring (bicyclic) bond motifs is 4. The van der Waals surface area contributed by atoms with E-state index in [4.69, 9.17) is 19.9 Å². The van der Waals surface area contributed by atoms with Crippen LogP contribution in [0.5, 0.6) is 0 Å². The van der Waals surface area contributed by atoms with E-state index < -0.39 is 0 Å². The van der Waals surface area contributed by atoms with Gasteiger partial charge in [-0.05, 0) is 61.4 Å². The number of aromatic nitrogens is 8. The number of imidazole rings is 4. The van der Waals surface area contributed by atoms with Crippen molar-refractivity contribution in [3.8, 4) is 0 Å². The van der Waals surface area contributed by atoms with Gasteiger partial charge in [0.15, 0.2) is 0 Å². The minimum atomic E-state index is 0.861. The van der Waals surface area contributed by atoms with Gasteiger partial charge in [0.05, 0.1) is 44.1 Å². The van der Waals surface area contributed by atoms with E-state index in [0.29, 0.717) is 0 Å². The third-order valence-electron chi connectivity index (χ3n) is 10.6. The van der Waals surface area contributed by atoms with Gasteiger partial charge < -0.3 is 28.9 Å². The van der Waals surface area contributed by atoms with Crippen LogP contribution in [0.25, 0.3) is 44.1 Å². The van der Waals surface area contributed by atoms with Crippen LogP contribution in [-0.2, 0) is 38.8 Å². The highest BCUT2D eigenvalue weighted by atomic mass is 15.2. The Morgan fingerprint density at radius 1 is 0.444 bits per heavy atom. The molecule has 0 radical (unpaired) electrons. The smallest absolute Gasteiger partial charge is 0.111 e. The van der Waals surface area contributed by atoms with E-state index in [1.165, 1.54) is 22.7 Å². The zero-order valence-corrected chi connectivity index (χ0v) is 31.7. The number of hydrogen-bond acceptors (Lipinski definition) is 6. The van der Waals surface area contributed by atoms with Gasteiger partial charge in [0.25, 0.3) is 0 Å². The maximum absolute atomic E-state index is 5.12. The van der Waals surface area contributed by atoms with Crippen LogP contribution in [0.15, 0.2) is 97.1 Å². The molecular formula is C44H52N10. The van der Waals surface area contributed by atoms with Crippen LogP contribution in [0.3, 0.4) is 0 Å². The van der Waals surface area contributed by atoms with E-state index in [-0.39, 0.29) is 0 Å². The second kappa shape index (κ2) is 16.8. The zero-order valence-electron chi connectivity index (χ0n) is 31.7. The quantitative estimate of drug-likeness (QED) is 0.0884. The topological polar surface area (TPSA) is 99.5 Å². The largest absolute Gasteiger partial charge is 0.342 e. The molecule has 10 heteroatoms. The van der Waals surface area contributed by atoms with Crippen molar-refractivity contribution in [3.63, 3.8) is 0 Å². The molecule has 0 atom stereocenters. The number of para-hydroxylation sites is 8. The molecule has 0 amide bonds. The summed E-state index contributed by atoms with van der Waals surface area (Å²) in [6.45, 7) is 12.0. The molecule has 0 aliphatic carbocycles. The summed E-state index contributed by atoms with van der Waals surface area (Å²) in [7, 11) is 0. The molecule has 4 aromatic carbocycles. The predicted molar refractivity (Wildman–Crippen MR) is 220 cm³/mol. The third kappa shape index (κ3) is 8.10.